The Hall–Kier alpha value is -4.37. The first kappa shape index (κ1) is 27.2. The predicted octanol–water partition coefficient (Wildman–Crippen LogP) is 4.03. The number of carbonyl (C=O) groups excluding carboxylic acids is 2. The van der Waals surface area contributed by atoms with Gasteiger partial charge in [0.25, 0.3) is 5.66 Å². The predicted molar refractivity (Wildman–Crippen MR) is 149 cm³/mol. The van der Waals surface area contributed by atoms with E-state index in [4.69, 9.17) is 4.74 Å². The number of ether oxygens (including phenoxy) is 1. The summed E-state index contributed by atoms with van der Waals surface area (Å²) >= 11 is 0. The molecule has 3 aromatic carbocycles. The van der Waals surface area contributed by atoms with E-state index in [0.717, 1.165) is 13.1 Å². The zero-order valence-electron chi connectivity index (χ0n) is 21.6. The molecule has 0 spiro atoms. The number of carbonyl (C=O) groups is 2. The molecule has 0 saturated carbocycles. The number of amides is 2. The molecule has 4 N–H and O–H groups in total. The van der Waals surface area contributed by atoms with Gasteiger partial charge in [-0.15, -0.1) is 5.10 Å². The number of anilines is 3. The van der Waals surface area contributed by atoms with Crippen molar-refractivity contribution in [2.45, 2.75) is 26.4 Å². The molecule has 1 unspecified atom stereocenters. The van der Waals surface area contributed by atoms with E-state index < -0.39 is 11.6 Å². The number of para-hydroxylation sites is 2. The van der Waals surface area contributed by atoms with Crippen molar-refractivity contribution in [3.8, 4) is 5.75 Å². The fourth-order valence-corrected chi connectivity index (χ4v) is 3.66. The van der Waals surface area contributed by atoms with Gasteiger partial charge in [-0.2, -0.15) is 5.01 Å². The molecule has 194 valence electrons. The molecule has 4 rings (SSSR count). The van der Waals surface area contributed by atoms with E-state index >= 15 is 0 Å². The third-order valence-electron chi connectivity index (χ3n) is 5.39. The molecule has 0 aromatic heterocycles. The van der Waals surface area contributed by atoms with Gasteiger partial charge in [-0.3, -0.25) is 9.59 Å². The fraction of sp³-hybridized carbons (Fsp3) is 0.250. The molecule has 1 aliphatic rings. The first-order valence-corrected chi connectivity index (χ1v) is 12.2. The standard InChI is InChI=1S/C24H23N5O3.C4H11N/c1-17(30)26-24(27-19-9-5-3-6-10-19)22(25-18-13-15-21(32-2)16-14-18)28-29(23(24)31)20-11-7-4-8-12-20;1-3-5-4-2/h3-16,27H,1-2H3,(H,25,28)(H,26,30);5H,3-4H2,1-2H3. The van der Waals surface area contributed by atoms with Gasteiger partial charge < -0.3 is 26.0 Å². The van der Waals surface area contributed by atoms with Crippen LogP contribution in [0.5, 0.6) is 5.75 Å². The van der Waals surface area contributed by atoms with Crippen LogP contribution in [0.1, 0.15) is 20.8 Å². The minimum atomic E-state index is -1.64. The van der Waals surface area contributed by atoms with Crippen molar-refractivity contribution in [1.29, 1.82) is 0 Å². The Morgan fingerprint density at radius 2 is 1.49 bits per heavy atom. The molecular weight excluding hydrogens is 468 g/mol. The minimum Gasteiger partial charge on any atom is -0.497 e. The summed E-state index contributed by atoms with van der Waals surface area (Å²) in [5.41, 5.74) is 0.266. The Morgan fingerprint density at radius 1 is 0.892 bits per heavy atom. The van der Waals surface area contributed by atoms with Crippen LogP contribution in [-0.2, 0) is 9.59 Å². The molecule has 0 aliphatic carbocycles. The van der Waals surface area contributed by atoms with Crippen molar-refractivity contribution >= 4 is 34.7 Å². The number of benzene rings is 3. The largest absolute Gasteiger partial charge is 0.497 e. The van der Waals surface area contributed by atoms with Crippen LogP contribution in [0.15, 0.2) is 90.0 Å². The smallest absolute Gasteiger partial charge is 0.302 e. The molecular formula is C28H34N6O3. The number of methoxy groups -OCH3 is 1. The maximum atomic E-state index is 13.7. The van der Waals surface area contributed by atoms with Crippen molar-refractivity contribution < 1.29 is 14.3 Å². The molecule has 1 atom stereocenters. The van der Waals surface area contributed by atoms with Crippen molar-refractivity contribution in [3.05, 3.63) is 84.9 Å². The van der Waals surface area contributed by atoms with Crippen molar-refractivity contribution in [2.24, 2.45) is 5.10 Å². The van der Waals surface area contributed by atoms with Crippen LogP contribution in [-0.4, -0.2) is 43.5 Å². The lowest BCUT2D eigenvalue weighted by atomic mass is 10.1. The minimum absolute atomic E-state index is 0.232. The Kier molecular flexibility index (Phi) is 9.62. The van der Waals surface area contributed by atoms with Gasteiger partial charge in [-0.25, -0.2) is 0 Å². The quantitative estimate of drug-likeness (QED) is 0.347. The van der Waals surface area contributed by atoms with Crippen molar-refractivity contribution in [2.75, 3.05) is 35.8 Å². The summed E-state index contributed by atoms with van der Waals surface area (Å²) in [5, 5.41) is 18.1. The highest BCUT2D eigenvalue weighted by molar-refractivity contribution is 6.28. The van der Waals surface area contributed by atoms with E-state index in [2.05, 4.69) is 40.2 Å². The average molecular weight is 503 g/mol. The molecule has 1 aliphatic heterocycles. The van der Waals surface area contributed by atoms with E-state index in [1.807, 2.05) is 48.5 Å². The summed E-state index contributed by atoms with van der Waals surface area (Å²) < 4.78 is 5.21. The number of hydrogen-bond donors (Lipinski definition) is 4. The van der Waals surface area contributed by atoms with E-state index in [9.17, 15) is 9.59 Å². The van der Waals surface area contributed by atoms with Gasteiger partial charge >= 0.3 is 5.91 Å². The highest BCUT2D eigenvalue weighted by Crippen LogP contribution is 2.29. The lowest BCUT2D eigenvalue weighted by Crippen LogP contribution is -2.66. The van der Waals surface area contributed by atoms with Gasteiger partial charge in [0.2, 0.25) is 5.91 Å². The zero-order valence-corrected chi connectivity index (χ0v) is 21.6. The van der Waals surface area contributed by atoms with Crippen LogP contribution >= 0.6 is 0 Å². The molecule has 1 heterocycles. The third kappa shape index (κ3) is 6.86. The fourth-order valence-electron chi connectivity index (χ4n) is 3.66. The van der Waals surface area contributed by atoms with Crippen LogP contribution < -0.4 is 31.0 Å². The van der Waals surface area contributed by atoms with Crippen molar-refractivity contribution in [1.82, 2.24) is 10.6 Å². The van der Waals surface area contributed by atoms with Gasteiger partial charge in [0.05, 0.1) is 12.8 Å². The van der Waals surface area contributed by atoms with Gasteiger partial charge in [0.15, 0.2) is 5.84 Å². The normalized spacial score (nSPS) is 16.3. The zero-order chi connectivity index (χ0) is 26.7. The van der Waals surface area contributed by atoms with Crippen LogP contribution in [0.2, 0.25) is 0 Å². The first-order chi connectivity index (χ1) is 17.9. The number of rotatable bonds is 8. The van der Waals surface area contributed by atoms with E-state index in [1.54, 1.807) is 43.5 Å². The Labute approximate surface area is 217 Å². The maximum absolute atomic E-state index is 13.7. The molecule has 9 nitrogen and oxygen atoms in total. The summed E-state index contributed by atoms with van der Waals surface area (Å²) in [5.74, 6) is 0.0942. The molecule has 37 heavy (non-hydrogen) atoms. The highest BCUT2D eigenvalue weighted by Gasteiger charge is 2.53. The molecule has 0 fully saturated rings. The van der Waals surface area contributed by atoms with E-state index in [0.29, 0.717) is 22.8 Å². The molecule has 0 bridgehead atoms. The molecule has 0 saturated heterocycles. The number of nitrogens with one attached hydrogen (secondary N) is 4. The number of nitrogens with zero attached hydrogens (tertiary/aromatic N) is 2. The molecule has 3 aromatic rings. The van der Waals surface area contributed by atoms with Gasteiger partial charge in [0, 0.05) is 18.3 Å². The summed E-state index contributed by atoms with van der Waals surface area (Å²) in [7, 11) is 1.59. The second-order valence-electron chi connectivity index (χ2n) is 8.13. The van der Waals surface area contributed by atoms with Gasteiger partial charge in [0.1, 0.15) is 5.75 Å². The summed E-state index contributed by atoms with van der Waals surface area (Å²) in [6, 6.07) is 25.4. The first-order valence-electron chi connectivity index (χ1n) is 12.2. The monoisotopic (exact) mass is 502 g/mol. The lowest BCUT2D eigenvalue weighted by molar-refractivity contribution is -0.127. The maximum Gasteiger partial charge on any atom is 0.302 e. The van der Waals surface area contributed by atoms with Gasteiger partial charge in [-0.1, -0.05) is 50.2 Å². The summed E-state index contributed by atoms with van der Waals surface area (Å²) in [6.45, 7) is 7.75. The second-order valence-corrected chi connectivity index (χ2v) is 8.13. The van der Waals surface area contributed by atoms with Crippen molar-refractivity contribution in [3.63, 3.8) is 0 Å². The molecule has 2 amide bonds. The Bertz CT molecular complexity index is 1180. The summed E-state index contributed by atoms with van der Waals surface area (Å²) in [6.07, 6.45) is 0. The Balaban J connectivity index is 0.000000695. The molecule has 9 heteroatoms. The van der Waals surface area contributed by atoms with Crippen LogP contribution in [0.4, 0.5) is 17.1 Å². The van der Waals surface area contributed by atoms with Gasteiger partial charge in [-0.05, 0) is 61.6 Å². The Morgan fingerprint density at radius 3 is 2.00 bits per heavy atom. The SMILES string of the molecule is CCNCC.COc1ccc(NC2=NN(c3ccccc3)C(=O)C2(NC(C)=O)Nc2ccccc2)cc1. The average Bonchev–Trinajstić information content (AvgIpc) is 3.16. The van der Waals surface area contributed by atoms with Crippen LogP contribution in [0.25, 0.3) is 0 Å². The third-order valence-corrected chi connectivity index (χ3v) is 5.39. The lowest BCUT2D eigenvalue weighted by Gasteiger charge is -2.31. The van der Waals surface area contributed by atoms with Crippen LogP contribution in [0.3, 0.4) is 0 Å². The number of amidine groups is 1. The number of hydrazone groups is 1. The molecule has 0 radical (unpaired) electrons. The second kappa shape index (κ2) is 13.1. The van der Waals surface area contributed by atoms with E-state index in [-0.39, 0.29) is 11.7 Å². The van der Waals surface area contributed by atoms with Crippen LogP contribution in [0, 0.1) is 0 Å². The topological polar surface area (TPSA) is 107 Å². The van der Waals surface area contributed by atoms with E-state index in [1.165, 1.54) is 11.9 Å². The highest BCUT2D eigenvalue weighted by atomic mass is 16.5. The number of hydrogen-bond acceptors (Lipinski definition) is 7. The summed E-state index contributed by atoms with van der Waals surface area (Å²) in [4.78, 5) is 26.0.